The lowest BCUT2D eigenvalue weighted by atomic mass is 10.1. The molecule has 76 valence electrons. The first-order valence-corrected chi connectivity index (χ1v) is 4.92. The largest absolute Gasteiger partial charge is 0.466 e. The first-order chi connectivity index (χ1) is 6.33. The van der Waals surface area contributed by atoms with Gasteiger partial charge in [0.15, 0.2) is 0 Å². The van der Waals surface area contributed by atoms with Crippen LogP contribution in [0.25, 0.3) is 0 Å². The number of ether oxygens (including phenoxy) is 1. The molecule has 1 fully saturated rings. The normalized spacial score (nSPS) is 22.7. The van der Waals surface area contributed by atoms with Crippen LogP contribution in [0.15, 0.2) is 0 Å². The van der Waals surface area contributed by atoms with Crippen molar-refractivity contribution in [1.29, 1.82) is 0 Å². The Morgan fingerprint density at radius 1 is 1.54 bits per heavy atom. The van der Waals surface area contributed by atoms with Crippen LogP contribution in [0, 0.1) is 0 Å². The maximum atomic E-state index is 11.0. The average Bonchev–Trinajstić information content (AvgIpc) is 2.17. The Morgan fingerprint density at radius 2 is 2.38 bits per heavy atom. The van der Waals surface area contributed by atoms with Gasteiger partial charge in [0.05, 0.1) is 6.61 Å². The maximum Gasteiger partial charge on any atom is 0.305 e. The first kappa shape index (κ1) is 10.5. The Labute approximate surface area is 79.0 Å². The molecule has 1 saturated heterocycles. The second kappa shape index (κ2) is 5.94. The monoisotopic (exact) mass is 186 g/mol. The Hall–Kier alpha value is -0.610. The van der Waals surface area contributed by atoms with E-state index >= 15 is 0 Å². The van der Waals surface area contributed by atoms with Gasteiger partial charge >= 0.3 is 5.97 Å². The molecule has 0 aliphatic carbocycles. The molecule has 0 spiro atoms. The van der Waals surface area contributed by atoms with Crippen molar-refractivity contribution in [3.05, 3.63) is 0 Å². The summed E-state index contributed by atoms with van der Waals surface area (Å²) in [6.07, 6.45) is 1.39. The summed E-state index contributed by atoms with van der Waals surface area (Å²) in [6, 6.07) is 0.429. The third-order valence-electron chi connectivity index (χ3n) is 2.13. The molecule has 4 heteroatoms. The molecule has 0 radical (unpaired) electrons. The Kier molecular flexibility index (Phi) is 4.78. The standard InChI is InChI=1S/C9H18N2O2/c1-2-13-9(12)4-3-8-7-10-5-6-11-8/h8,10-11H,2-7H2,1H3. The van der Waals surface area contributed by atoms with Crippen molar-refractivity contribution in [3.63, 3.8) is 0 Å². The van der Waals surface area contributed by atoms with Gasteiger partial charge in [0.1, 0.15) is 0 Å². The number of carbonyl (C=O) groups excluding carboxylic acids is 1. The summed E-state index contributed by atoms with van der Waals surface area (Å²) in [7, 11) is 0. The highest BCUT2D eigenvalue weighted by Crippen LogP contribution is 2.00. The van der Waals surface area contributed by atoms with E-state index in [9.17, 15) is 4.79 Å². The van der Waals surface area contributed by atoms with E-state index in [4.69, 9.17) is 4.74 Å². The first-order valence-electron chi connectivity index (χ1n) is 4.92. The fourth-order valence-corrected chi connectivity index (χ4v) is 1.44. The van der Waals surface area contributed by atoms with Gasteiger partial charge in [-0.25, -0.2) is 0 Å². The Morgan fingerprint density at radius 3 is 3.00 bits per heavy atom. The number of esters is 1. The lowest BCUT2D eigenvalue weighted by Crippen LogP contribution is -2.48. The van der Waals surface area contributed by atoms with E-state index in [0.717, 1.165) is 26.1 Å². The van der Waals surface area contributed by atoms with Crippen molar-refractivity contribution in [2.24, 2.45) is 0 Å². The topological polar surface area (TPSA) is 50.4 Å². The van der Waals surface area contributed by atoms with Crippen molar-refractivity contribution in [1.82, 2.24) is 10.6 Å². The van der Waals surface area contributed by atoms with Crippen LogP contribution >= 0.6 is 0 Å². The highest BCUT2D eigenvalue weighted by Gasteiger charge is 2.13. The summed E-state index contributed by atoms with van der Waals surface area (Å²) in [5.41, 5.74) is 0. The summed E-state index contributed by atoms with van der Waals surface area (Å²) in [5, 5.41) is 6.62. The second-order valence-corrected chi connectivity index (χ2v) is 3.20. The van der Waals surface area contributed by atoms with Crippen LogP contribution in [0.2, 0.25) is 0 Å². The zero-order chi connectivity index (χ0) is 9.52. The predicted octanol–water partition coefficient (Wildman–Crippen LogP) is -0.109. The molecule has 1 heterocycles. The summed E-state index contributed by atoms with van der Waals surface area (Å²) in [6.45, 7) is 5.29. The molecule has 1 rings (SSSR count). The summed E-state index contributed by atoms with van der Waals surface area (Å²) in [5.74, 6) is -0.0881. The van der Waals surface area contributed by atoms with Gasteiger partial charge in [0, 0.05) is 32.1 Å². The molecule has 13 heavy (non-hydrogen) atoms. The second-order valence-electron chi connectivity index (χ2n) is 3.20. The minimum Gasteiger partial charge on any atom is -0.466 e. The smallest absolute Gasteiger partial charge is 0.305 e. The van der Waals surface area contributed by atoms with E-state index < -0.39 is 0 Å². The van der Waals surface area contributed by atoms with Gasteiger partial charge in [0.2, 0.25) is 0 Å². The Balaban J connectivity index is 2.06. The highest BCUT2D eigenvalue weighted by molar-refractivity contribution is 5.69. The van der Waals surface area contributed by atoms with Gasteiger partial charge in [0.25, 0.3) is 0 Å². The van der Waals surface area contributed by atoms with Crippen LogP contribution in [0.5, 0.6) is 0 Å². The minimum absolute atomic E-state index is 0.0881. The molecule has 0 amide bonds. The van der Waals surface area contributed by atoms with Gasteiger partial charge in [-0.3, -0.25) is 4.79 Å². The average molecular weight is 186 g/mol. The fourth-order valence-electron chi connectivity index (χ4n) is 1.44. The molecule has 4 nitrogen and oxygen atoms in total. The van der Waals surface area contributed by atoms with E-state index in [1.165, 1.54) is 0 Å². The molecule has 0 bridgehead atoms. The van der Waals surface area contributed by atoms with E-state index in [1.807, 2.05) is 6.92 Å². The van der Waals surface area contributed by atoms with Crippen molar-refractivity contribution in [2.75, 3.05) is 26.2 Å². The predicted molar refractivity (Wildman–Crippen MR) is 50.5 cm³/mol. The molecular weight excluding hydrogens is 168 g/mol. The molecule has 0 aromatic rings. The van der Waals surface area contributed by atoms with E-state index in [1.54, 1.807) is 0 Å². The molecule has 0 saturated carbocycles. The van der Waals surface area contributed by atoms with Crippen LogP contribution in [0.3, 0.4) is 0 Å². The van der Waals surface area contributed by atoms with Crippen LogP contribution in [-0.4, -0.2) is 38.3 Å². The maximum absolute atomic E-state index is 11.0. The highest BCUT2D eigenvalue weighted by atomic mass is 16.5. The van der Waals surface area contributed by atoms with E-state index in [0.29, 0.717) is 19.1 Å². The molecule has 2 N–H and O–H groups in total. The number of carbonyl (C=O) groups is 1. The molecule has 0 aromatic heterocycles. The summed E-state index contributed by atoms with van der Waals surface area (Å²) < 4.78 is 4.85. The fraction of sp³-hybridized carbons (Fsp3) is 0.889. The SMILES string of the molecule is CCOC(=O)CCC1CNCCN1. The van der Waals surface area contributed by atoms with E-state index in [-0.39, 0.29) is 5.97 Å². The van der Waals surface area contributed by atoms with Gasteiger partial charge < -0.3 is 15.4 Å². The number of hydrogen-bond donors (Lipinski definition) is 2. The van der Waals surface area contributed by atoms with Gasteiger partial charge in [-0.2, -0.15) is 0 Å². The lowest BCUT2D eigenvalue weighted by molar-refractivity contribution is -0.143. The quantitative estimate of drug-likeness (QED) is 0.602. The van der Waals surface area contributed by atoms with Crippen molar-refractivity contribution < 1.29 is 9.53 Å². The van der Waals surface area contributed by atoms with Crippen LogP contribution in [0.4, 0.5) is 0 Å². The molecular formula is C9H18N2O2. The number of piperazine rings is 1. The zero-order valence-electron chi connectivity index (χ0n) is 8.14. The Bertz CT molecular complexity index is 156. The molecule has 1 aliphatic rings. The van der Waals surface area contributed by atoms with Crippen LogP contribution in [-0.2, 0) is 9.53 Å². The zero-order valence-corrected chi connectivity index (χ0v) is 8.14. The number of nitrogens with one attached hydrogen (secondary N) is 2. The van der Waals surface area contributed by atoms with Gasteiger partial charge in [-0.15, -0.1) is 0 Å². The number of hydrogen-bond acceptors (Lipinski definition) is 4. The lowest BCUT2D eigenvalue weighted by Gasteiger charge is -2.23. The van der Waals surface area contributed by atoms with Gasteiger partial charge in [-0.1, -0.05) is 0 Å². The van der Waals surface area contributed by atoms with E-state index in [2.05, 4.69) is 10.6 Å². The summed E-state index contributed by atoms with van der Waals surface area (Å²) >= 11 is 0. The molecule has 1 unspecified atom stereocenters. The third-order valence-corrected chi connectivity index (χ3v) is 2.13. The van der Waals surface area contributed by atoms with Crippen molar-refractivity contribution in [2.45, 2.75) is 25.8 Å². The van der Waals surface area contributed by atoms with Gasteiger partial charge in [-0.05, 0) is 13.3 Å². The van der Waals surface area contributed by atoms with Crippen LogP contribution < -0.4 is 10.6 Å². The number of rotatable bonds is 4. The summed E-state index contributed by atoms with van der Waals surface area (Å²) in [4.78, 5) is 11.0. The van der Waals surface area contributed by atoms with Crippen molar-refractivity contribution >= 4 is 5.97 Å². The molecule has 1 atom stereocenters. The molecule has 0 aromatic carbocycles. The third kappa shape index (κ3) is 4.24. The van der Waals surface area contributed by atoms with Crippen molar-refractivity contribution in [3.8, 4) is 0 Å². The van der Waals surface area contributed by atoms with Crippen LogP contribution in [0.1, 0.15) is 19.8 Å². The minimum atomic E-state index is -0.0881. The molecule has 1 aliphatic heterocycles.